The Morgan fingerprint density at radius 2 is 1.89 bits per heavy atom. The lowest BCUT2D eigenvalue weighted by Crippen LogP contribution is -2.32. The number of nitrogens with one attached hydrogen (secondary N) is 2. The van der Waals surface area contributed by atoms with Crippen LogP contribution in [0.15, 0.2) is 52.3 Å². The third-order valence-corrected chi connectivity index (χ3v) is 4.81. The average molecular weight is 385 g/mol. The van der Waals surface area contributed by atoms with E-state index in [0.29, 0.717) is 11.2 Å². The zero-order chi connectivity index (χ0) is 19.6. The molecular weight excluding hydrogens is 366 g/mol. The van der Waals surface area contributed by atoms with Crippen LogP contribution in [0.4, 0.5) is 16.4 Å². The molecule has 0 spiro atoms. The smallest absolute Gasteiger partial charge is 0.413 e. The van der Waals surface area contributed by atoms with Crippen LogP contribution in [0, 0.1) is 0 Å². The number of aromatic nitrogens is 2. The molecule has 1 heterocycles. The summed E-state index contributed by atoms with van der Waals surface area (Å²) in [6.45, 7) is 1.63. The van der Waals surface area contributed by atoms with Crippen molar-refractivity contribution >= 4 is 46.4 Å². The maximum Gasteiger partial charge on any atom is 0.413 e. The first-order valence-electron chi connectivity index (χ1n) is 8.14. The van der Waals surface area contributed by atoms with E-state index in [-0.39, 0.29) is 11.9 Å². The molecule has 2 amide bonds. The number of H-pyrrole nitrogens is 1. The van der Waals surface area contributed by atoms with Crippen molar-refractivity contribution < 1.29 is 14.7 Å². The molecule has 0 fully saturated rings. The molecule has 2 aromatic carbocycles. The van der Waals surface area contributed by atoms with Gasteiger partial charge in [0, 0.05) is 22.5 Å². The van der Waals surface area contributed by atoms with Crippen molar-refractivity contribution in [1.82, 2.24) is 9.97 Å². The number of carbonyl (C=O) groups excluding carboxylic acids is 1. The van der Waals surface area contributed by atoms with E-state index in [1.165, 1.54) is 7.05 Å². The molecule has 9 heteroatoms. The highest BCUT2D eigenvalue weighted by atomic mass is 32.2. The van der Waals surface area contributed by atoms with Gasteiger partial charge in [0.1, 0.15) is 0 Å². The number of fused-ring (bicyclic) bond motifs is 1. The highest BCUT2D eigenvalue weighted by Gasteiger charge is 2.13. The Balaban J connectivity index is 1.74. The van der Waals surface area contributed by atoms with Gasteiger partial charge in [0.05, 0.1) is 17.1 Å². The SMILES string of the molecule is C[C@H](N)C(=O)Nc1ccc(Sc2ccc3nc(N(C)C(=O)O)[nH]c3c2)cc1. The summed E-state index contributed by atoms with van der Waals surface area (Å²) in [6, 6.07) is 12.6. The third kappa shape index (κ3) is 4.39. The molecule has 27 heavy (non-hydrogen) atoms. The number of carboxylic acid groups (broad SMARTS) is 1. The summed E-state index contributed by atoms with van der Waals surface area (Å²) in [7, 11) is 1.43. The number of anilines is 2. The Kier molecular flexibility index (Phi) is 5.33. The Morgan fingerprint density at radius 3 is 2.52 bits per heavy atom. The number of nitrogens with two attached hydrogens (primary N) is 1. The van der Waals surface area contributed by atoms with E-state index in [1.54, 1.807) is 18.7 Å². The van der Waals surface area contributed by atoms with Gasteiger partial charge in [-0.25, -0.2) is 9.78 Å². The Bertz CT molecular complexity index is 984. The van der Waals surface area contributed by atoms with Crippen molar-refractivity contribution in [1.29, 1.82) is 0 Å². The molecule has 140 valence electrons. The Morgan fingerprint density at radius 1 is 1.22 bits per heavy atom. The number of carbonyl (C=O) groups is 2. The molecule has 0 aliphatic carbocycles. The first-order chi connectivity index (χ1) is 12.8. The highest BCUT2D eigenvalue weighted by molar-refractivity contribution is 7.99. The summed E-state index contributed by atoms with van der Waals surface area (Å²) in [5.74, 6) is 0.0381. The minimum atomic E-state index is -1.08. The molecule has 3 aromatic rings. The van der Waals surface area contributed by atoms with E-state index >= 15 is 0 Å². The van der Waals surface area contributed by atoms with E-state index in [4.69, 9.17) is 10.8 Å². The second-order valence-electron chi connectivity index (χ2n) is 5.99. The molecular formula is C18H19N5O3S. The van der Waals surface area contributed by atoms with Gasteiger partial charge in [0.15, 0.2) is 0 Å². The summed E-state index contributed by atoms with van der Waals surface area (Å²) in [6.07, 6.45) is -1.08. The van der Waals surface area contributed by atoms with Gasteiger partial charge in [-0.15, -0.1) is 0 Å². The second kappa shape index (κ2) is 7.68. The summed E-state index contributed by atoms with van der Waals surface area (Å²) in [5, 5.41) is 11.8. The van der Waals surface area contributed by atoms with Crippen LogP contribution in [0.5, 0.6) is 0 Å². The normalized spacial score (nSPS) is 12.0. The lowest BCUT2D eigenvalue weighted by molar-refractivity contribution is -0.117. The number of benzene rings is 2. The average Bonchev–Trinajstić information content (AvgIpc) is 3.05. The lowest BCUT2D eigenvalue weighted by atomic mass is 10.3. The Hall–Kier alpha value is -3.04. The molecule has 0 aliphatic heterocycles. The molecule has 0 saturated heterocycles. The number of aromatic amines is 1. The molecule has 0 bridgehead atoms. The minimum absolute atomic E-state index is 0.234. The van der Waals surface area contributed by atoms with Crippen molar-refractivity contribution in [2.24, 2.45) is 5.73 Å². The minimum Gasteiger partial charge on any atom is -0.465 e. The van der Waals surface area contributed by atoms with Gasteiger partial charge in [0.25, 0.3) is 0 Å². The van der Waals surface area contributed by atoms with E-state index in [1.807, 2.05) is 42.5 Å². The summed E-state index contributed by atoms with van der Waals surface area (Å²) >= 11 is 1.55. The van der Waals surface area contributed by atoms with Gasteiger partial charge >= 0.3 is 6.09 Å². The quantitative estimate of drug-likeness (QED) is 0.535. The molecule has 8 nitrogen and oxygen atoms in total. The standard InChI is InChI=1S/C18H19N5O3S/c1-10(19)16(24)20-11-3-5-12(6-4-11)27-13-7-8-14-15(9-13)22-17(21-14)23(2)18(25)26/h3-10H,19H2,1-2H3,(H,20,24)(H,21,22)(H,25,26)/t10-/m0/s1. The first-order valence-corrected chi connectivity index (χ1v) is 8.96. The second-order valence-corrected chi connectivity index (χ2v) is 7.13. The van der Waals surface area contributed by atoms with Gasteiger partial charge in [-0.05, 0) is 49.4 Å². The monoisotopic (exact) mass is 385 g/mol. The van der Waals surface area contributed by atoms with E-state index in [2.05, 4.69) is 15.3 Å². The van der Waals surface area contributed by atoms with Crippen LogP contribution in [0.2, 0.25) is 0 Å². The predicted octanol–water partition coefficient (Wildman–Crippen LogP) is 3.11. The van der Waals surface area contributed by atoms with Crippen molar-refractivity contribution in [3.05, 3.63) is 42.5 Å². The number of amides is 2. The number of nitrogens with zero attached hydrogens (tertiary/aromatic N) is 2. The number of hydrogen-bond donors (Lipinski definition) is 4. The fourth-order valence-corrected chi connectivity index (χ4v) is 3.14. The molecule has 0 radical (unpaired) electrons. The third-order valence-electron chi connectivity index (χ3n) is 3.82. The molecule has 0 unspecified atom stereocenters. The van der Waals surface area contributed by atoms with Gasteiger partial charge in [-0.3, -0.25) is 9.69 Å². The summed E-state index contributed by atoms with van der Waals surface area (Å²) < 4.78 is 0. The topological polar surface area (TPSA) is 124 Å². The Labute approximate surface area is 159 Å². The van der Waals surface area contributed by atoms with E-state index < -0.39 is 12.1 Å². The lowest BCUT2D eigenvalue weighted by Gasteiger charge is -2.08. The number of rotatable bonds is 5. The molecule has 0 saturated carbocycles. The molecule has 5 N–H and O–H groups in total. The fraction of sp³-hybridized carbons (Fsp3) is 0.167. The molecule has 0 aliphatic rings. The zero-order valence-corrected chi connectivity index (χ0v) is 15.6. The van der Waals surface area contributed by atoms with Crippen LogP contribution in [-0.2, 0) is 4.79 Å². The van der Waals surface area contributed by atoms with Crippen LogP contribution in [-0.4, -0.2) is 40.2 Å². The maximum atomic E-state index is 11.6. The summed E-state index contributed by atoms with van der Waals surface area (Å²) in [5.41, 5.74) is 7.67. The van der Waals surface area contributed by atoms with E-state index in [0.717, 1.165) is 20.2 Å². The van der Waals surface area contributed by atoms with Crippen molar-refractivity contribution in [2.45, 2.75) is 22.8 Å². The van der Waals surface area contributed by atoms with Gasteiger partial charge in [-0.2, -0.15) is 0 Å². The zero-order valence-electron chi connectivity index (χ0n) is 14.8. The van der Waals surface area contributed by atoms with Crippen LogP contribution >= 0.6 is 11.8 Å². The number of imidazole rings is 1. The predicted molar refractivity (Wildman–Crippen MR) is 105 cm³/mol. The molecule has 1 aromatic heterocycles. The van der Waals surface area contributed by atoms with Crippen LogP contribution in [0.3, 0.4) is 0 Å². The van der Waals surface area contributed by atoms with Crippen LogP contribution in [0.25, 0.3) is 11.0 Å². The van der Waals surface area contributed by atoms with Crippen molar-refractivity contribution in [3.8, 4) is 0 Å². The molecule has 1 atom stereocenters. The van der Waals surface area contributed by atoms with E-state index in [9.17, 15) is 9.59 Å². The largest absolute Gasteiger partial charge is 0.465 e. The van der Waals surface area contributed by atoms with Crippen LogP contribution < -0.4 is 16.0 Å². The van der Waals surface area contributed by atoms with Crippen molar-refractivity contribution in [2.75, 3.05) is 17.3 Å². The van der Waals surface area contributed by atoms with Gasteiger partial charge in [0.2, 0.25) is 11.9 Å². The van der Waals surface area contributed by atoms with Crippen LogP contribution in [0.1, 0.15) is 6.92 Å². The molecule has 3 rings (SSSR count). The summed E-state index contributed by atoms with van der Waals surface area (Å²) in [4.78, 5) is 32.9. The first kappa shape index (κ1) is 18.7. The highest BCUT2D eigenvalue weighted by Crippen LogP contribution is 2.31. The fourth-order valence-electron chi connectivity index (χ4n) is 2.29. The van der Waals surface area contributed by atoms with Gasteiger partial charge < -0.3 is 21.1 Å². The maximum absolute atomic E-state index is 11.6. The van der Waals surface area contributed by atoms with Crippen molar-refractivity contribution in [3.63, 3.8) is 0 Å². The van der Waals surface area contributed by atoms with Gasteiger partial charge in [-0.1, -0.05) is 11.8 Å². The number of hydrogen-bond acceptors (Lipinski definition) is 5.